The van der Waals surface area contributed by atoms with Crippen molar-refractivity contribution in [3.8, 4) is 0 Å². The smallest absolute Gasteiger partial charge is 0.313 e. The van der Waals surface area contributed by atoms with Crippen LogP contribution in [0.5, 0.6) is 0 Å². The lowest BCUT2D eigenvalue weighted by Crippen LogP contribution is -2.30. The zero-order valence-electron chi connectivity index (χ0n) is 10.8. The Morgan fingerprint density at radius 3 is 2.72 bits per heavy atom. The van der Waals surface area contributed by atoms with Crippen molar-refractivity contribution in [3.05, 3.63) is 35.4 Å². The van der Waals surface area contributed by atoms with Crippen LogP contribution in [0.1, 0.15) is 28.8 Å². The fourth-order valence-corrected chi connectivity index (χ4v) is 1.90. The summed E-state index contributed by atoms with van der Waals surface area (Å²) in [6.07, 6.45) is 1.75. The van der Waals surface area contributed by atoms with Gasteiger partial charge >= 0.3 is 5.97 Å². The van der Waals surface area contributed by atoms with E-state index in [1.165, 1.54) is 0 Å². The van der Waals surface area contributed by atoms with Crippen LogP contribution in [0.2, 0.25) is 0 Å². The largest absolute Gasteiger partial charge is 0.365 e. The van der Waals surface area contributed by atoms with E-state index in [2.05, 4.69) is 17.1 Å². The molecule has 1 fully saturated rings. The monoisotopic (exact) mass is 246 g/mol. The van der Waals surface area contributed by atoms with Gasteiger partial charge < -0.3 is 9.74 Å². The Balaban J connectivity index is 1.94. The van der Waals surface area contributed by atoms with Crippen LogP contribution in [0.25, 0.3) is 0 Å². The molecule has 0 bridgehead atoms. The van der Waals surface area contributed by atoms with Crippen LogP contribution in [0, 0.1) is 6.92 Å². The van der Waals surface area contributed by atoms with Gasteiger partial charge in [0.25, 0.3) is 0 Å². The molecule has 4 nitrogen and oxygen atoms in total. The molecule has 0 N–H and O–H groups in total. The van der Waals surface area contributed by atoms with E-state index < -0.39 is 0 Å². The van der Waals surface area contributed by atoms with Gasteiger partial charge in [-0.3, -0.25) is 0 Å². The summed E-state index contributed by atoms with van der Waals surface area (Å²) in [5.41, 5.74) is 2.55. The lowest BCUT2D eigenvalue weighted by atomic mass is 10.1. The number of likely N-dealkylation sites (tertiary alicyclic amines) is 1. The minimum Gasteiger partial charge on any atom is -0.313 e. The number of aryl methyl sites for hydroxylation is 1. The van der Waals surface area contributed by atoms with Crippen molar-refractivity contribution in [2.24, 2.45) is 5.16 Å². The molecular weight excluding hydrogens is 228 g/mol. The predicted octanol–water partition coefficient (Wildman–Crippen LogP) is 2.23. The molecular formula is C14H18N2O2. The van der Waals surface area contributed by atoms with Crippen molar-refractivity contribution < 1.29 is 9.63 Å². The zero-order chi connectivity index (χ0) is 13.0. The summed E-state index contributed by atoms with van der Waals surface area (Å²) >= 11 is 0. The molecule has 1 aromatic rings. The first kappa shape index (κ1) is 12.8. The molecule has 1 aromatic carbocycles. The van der Waals surface area contributed by atoms with Crippen molar-refractivity contribution in [3.63, 3.8) is 0 Å². The van der Waals surface area contributed by atoms with Gasteiger partial charge in [-0.1, -0.05) is 22.9 Å². The van der Waals surface area contributed by atoms with E-state index in [-0.39, 0.29) is 5.97 Å². The first-order valence-electron chi connectivity index (χ1n) is 6.17. The number of hydrogen-bond donors (Lipinski definition) is 0. The van der Waals surface area contributed by atoms with Crippen molar-refractivity contribution in [2.45, 2.75) is 19.8 Å². The van der Waals surface area contributed by atoms with Crippen molar-refractivity contribution in [1.29, 1.82) is 0 Å². The maximum Gasteiger partial charge on any atom is 0.365 e. The summed E-state index contributed by atoms with van der Waals surface area (Å²) in [4.78, 5) is 19.0. The van der Waals surface area contributed by atoms with Gasteiger partial charge in [0.1, 0.15) is 0 Å². The molecule has 1 aliphatic rings. The van der Waals surface area contributed by atoms with Crippen molar-refractivity contribution in [1.82, 2.24) is 4.90 Å². The quantitative estimate of drug-likeness (QED) is 0.593. The molecule has 1 saturated heterocycles. The Kier molecular flexibility index (Phi) is 4.10. The van der Waals surface area contributed by atoms with E-state index in [9.17, 15) is 4.79 Å². The van der Waals surface area contributed by atoms with E-state index in [1.54, 1.807) is 12.1 Å². The highest BCUT2D eigenvalue weighted by molar-refractivity contribution is 5.91. The molecule has 0 aromatic heterocycles. The van der Waals surface area contributed by atoms with E-state index in [1.807, 2.05) is 19.1 Å². The third kappa shape index (κ3) is 3.40. The average Bonchev–Trinajstić information content (AvgIpc) is 2.38. The summed E-state index contributed by atoms with van der Waals surface area (Å²) in [7, 11) is 2.08. The first-order valence-corrected chi connectivity index (χ1v) is 6.17. The molecule has 96 valence electrons. The fraction of sp³-hybridized carbons (Fsp3) is 0.429. The number of piperidine rings is 1. The normalized spacial score (nSPS) is 16.4. The molecule has 0 radical (unpaired) electrons. The van der Waals surface area contributed by atoms with Gasteiger partial charge in [0, 0.05) is 25.9 Å². The van der Waals surface area contributed by atoms with Crippen LogP contribution >= 0.6 is 0 Å². The molecule has 1 aliphatic heterocycles. The molecule has 0 spiro atoms. The third-order valence-electron chi connectivity index (χ3n) is 3.08. The van der Waals surface area contributed by atoms with E-state index >= 15 is 0 Å². The highest BCUT2D eigenvalue weighted by atomic mass is 16.7. The second-order valence-corrected chi connectivity index (χ2v) is 4.71. The maximum atomic E-state index is 11.8. The maximum absolute atomic E-state index is 11.8. The number of rotatable bonds is 2. The third-order valence-corrected chi connectivity index (χ3v) is 3.08. The number of benzene rings is 1. The minimum atomic E-state index is -0.384. The highest BCUT2D eigenvalue weighted by Gasteiger charge is 2.13. The summed E-state index contributed by atoms with van der Waals surface area (Å²) < 4.78 is 0. The lowest BCUT2D eigenvalue weighted by Gasteiger charge is -2.22. The van der Waals surface area contributed by atoms with Gasteiger partial charge in [0.15, 0.2) is 0 Å². The average molecular weight is 246 g/mol. The Hall–Kier alpha value is -1.68. The number of hydrogen-bond acceptors (Lipinski definition) is 4. The van der Waals surface area contributed by atoms with Crippen LogP contribution in [0.4, 0.5) is 0 Å². The Labute approximate surface area is 107 Å². The second kappa shape index (κ2) is 5.78. The second-order valence-electron chi connectivity index (χ2n) is 4.71. The highest BCUT2D eigenvalue weighted by Crippen LogP contribution is 2.08. The van der Waals surface area contributed by atoms with Crippen molar-refractivity contribution in [2.75, 3.05) is 20.1 Å². The molecule has 18 heavy (non-hydrogen) atoms. The van der Waals surface area contributed by atoms with Crippen molar-refractivity contribution >= 4 is 11.7 Å². The summed E-state index contributed by atoms with van der Waals surface area (Å²) in [5.74, 6) is -0.384. The molecule has 0 atom stereocenters. The number of oxime groups is 1. The van der Waals surface area contributed by atoms with Crippen LogP contribution in [-0.2, 0) is 4.84 Å². The van der Waals surface area contributed by atoms with Gasteiger partial charge in [-0.15, -0.1) is 0 Å². The number of nitrogens with zero attached hydrogens (tertiary/aromatic N) is 2. The molecule has 0 amide bonds. The molecule has 0 unspecified atom stereocenters. The van der Waals surface area contributed by atoms with E-state index in [0.717, 1.165) is 37.2 Å². The van der Waals surface area contributed by atoms with E-state index in [4.69, 9.17) is 4.84 Å². The minimum absolute atomic E-state index is 0.384. The fourth-order valence-electron chi connectivity index (χ4n) is 1.90. The van der Waals surface area contributed by atoms with Gasteiger partial charge in [-0.05, 0) is 26.1 Å². The zero-order valence-corrected chi connectivity index (χ0v) is 10.8. The topological polar surface area (TPSA) is 41.9 Å². The van der Waals surface area contributed by atoms with E-state index in [0.29, 0.717) is 5.56 Å². The molecule has 2 rings (SSSR count). The van der Waals surface area contributed by atoms with Gasteiger partial charge in [0.2, 0.25) is 0 Å². The first-order chi connectivity index (χ1) is 8.65. The number of carbonyl (C=O) groups is 1. The molecule has 4 heteroatoms. The molecule has 0 aliphatic carbocycles. The SMILES string of the molecule is Cc1cccc(C(=O)ON=C2CCN(C)CC2)c1. The Bertz CT molecular complexity index is 459. The van der Waals surface area contributed by atoms with Crippen LogP contribution < -0.4 is 0 Å². The Morgan fingerprint density at radius 1 is 1.33 bits per heavy atom. The summed E-state index contributed by atoms with van der Waals surface area (Å²) in [5, 5.41) is 3.96. The van der Waals surface area contributed by atoms with Crippen LogP contribution in [0.3, 0.4) is 0 Å². The molecule has 1 heterocycles. The van der Waals surface area contributed by atoms with Gasteiger partial charge in [-0.25, -0.2) is 4.79 Å². The van der Waals surface area contributed by atoms with Gasteiger partial charge in [0.05, 0.1) is 11.3 Å². The number of carbonyl (C=O) groups excluding carboxylic acids is 1. The standard InChI is InChI=1S/C14H18N2O2/c1-11-4-3-5-12(10-11)14(17)18-15-13-6-8-16(2)9-7-13/h3-5,10H,6-9H2,1-2H3. The predicted molar refractivity (Wildman–Crippen MR) is 70.8 cm³/mol. The van der Waals surface area contributed by atoms with Gasteiger partial charge in [-0.2, -0.15) is 0 Å². The lowest BCUT2D eigenvalue weighted by molar-refractivity contribution is 0.0512. The van der Waals surface area contributed by atoms with Crippen LogP contribution in [-0.4, -0.2) is 36.7 Å². The Morgan fingerprint density at radius 2 is 2.06 bits per heavy atom. The van der Waals surface area contributed by atoms with Crippen LogP contribution in [0.15, 0.2) is 29.4 Å². The summed E-state index contributed by atoms with van der Waals surface area (Å²) in [6, 6.07) is 7.33. The molecule has 0 saturated carbocycles. The summed E-state index contributed by atoms with van der Waals surface area (Å²) in [6.45, 7) is 3.89.